The fourth-order valence-corrected chi connectivity index (χ4v) is 3.79. The summed E-state index contributed by atoms with van der Waals surface area (Å²) in [5, 5.41) is 4.29. The van der Waals surface area contributed by atoms with Crippen molar-refractivity contribution in [3.05, 3.63) is 58.8 Å². The highest BCUT2D eigenvalue weighted by Gasteiger charge is 2.16. The number of hydrogen-bond donors (Lipinski definition) is 2. The van der Waals surface area contributed by atoms with Crippen molar-refractivity contribution in [2.24, 2.45) is 0 Å². The van der Waals surface area contributed by atoms with Gasteiger partial charge in [-0.15, -0.1) is 0 Å². The molecule has 2 N–H and O–H groups in total. The second-order valence-electron chi connectivity index (χ2n) is 6.95. The molecule has 1 aliphatic carbocycles. The lowest BCUT2D eigenvalue weighted by molar-refractivity contribution is 0.0950. The zero-order chi connectivity index (χ0) is 18.8. The van der Waals surface area contributed by atoms with E-state index in [1.807, 2.05) is 0 Å². The molecule has 0 bridgehead atoms. The Hall–Kier alpha value is -2.95. The number of hydrogen-bond acceptors (Lipinski definition) is 3. The van der Waals surface area contributed by atoms with E-state index in [4.69, 9.17) is 9.47 Å². The fraction of sp³-hybridized carbons (Fsp3) is 0.318. The number of aryl methyl sites for hydroxylation is 2. The first-order valence-electron chi connectivity index (χ1n) is 9.31. The van der Waals surface area contributed by atoms with Gasteiger partial charge in [0.1, 0.15) is 11.5 Å². The normalized spacial score (nSPS) is 13.3. The lowest BCUT2D eigenvalue weighted by Crippen LogP contribution is -2.22. The van der Waals surface area contributed by atoms with E-state index in [1.165, 1.54) is 35.0 Å². The topological polar surface area (TPSA) is 63.4 Å². The Balaban J connectivity index is 1.52. The quantitative estimate of drug-likeness (QED) is 0.719. The second kappa shape index (κ2) is 7.35. The van der Waals surface area contributed by atoms with Gasteiger partial charge in [0.2, 0.25) is 0 Å². The molecule has 4 rings (SSSR count). The van der Waals surface area contributed by atoms with Gasteiger partial charge in [0.15, 0.2) is 0 Å². The number of amides is 1. The molecule has 0 saturated carbocycles. The Kier molecular flexibility index (Phi) is 4.75. The van der Waals surface area contributed by atoms with Crippen molar-refractivity contribution in [3.63, 3.8) is 0 Å². The summed E-state index contributed by atoms with van der Waals surface area (Å²) in [6, 6.07) is 11.6. The maximum absolute atomic E-state index is 12.6. The van der Waals surface area contributed by atoms with Crippen molar-refractivity contribution in [1.82, 2.24) is 10.3 Å². The van der Waals surface area contributed by atoms with Gasteiger partial charge in [-0.1, -0.05) is 6.07 Å². The van der Waals surface area contributed by atoms with Crippen LogP contribution in [0.15, 0.2) is 36.4 Å². The monoisotopic (exact) mass is 364 g/mol. The highest BCUT2D eigenvalue weighted by molar-refractivity contribution is 5.95. The average Bonchev–Trinajstić information content (AvgIpc) is 3.09. The summed E-state index contributed by atoms with van der Waals surface area (Å²) in [4.78, 5) is 16.1. The highest BCUT2D eigenvalue weighted by Crippen LogP contribution is 2.29. The Morgan fingerprint density at radius 2 is 1.78 bits per heavy atom. The summed E-state index contributed by atoms with van der Waals surface area (Å²) in [5.74, 6) is 1.04. The Morgan fingerprint density at radius 1 is 1.04 bits per heavy atom. The first kappa shape index (κ1) is 17.5. The van der Waals surface area contributed by atoms with Crippen molar-refractivity contribution >= 4 is 16.8 Å². The summed E-state index contributed by atoms with van der Waals surface area (Å²) in [6.45, 7) is 0.480. The van der Waals surface area contributed by atoms with Crippen LogP contribution in [-0.4, -0.2) is 25.1 Å². The van der Waals surface area contributed by atoms with Crippen LogP contribution in [0.2, 0.25) is 0 Å². The van der Waals surface area contributed by atoms with Crippen molar-refractivity contribution in [3.8, 4) is 11.5 Å². The number of H-pyrrole nitrogens is 1. The van der Waals surface area contributed by atoms with Crippen LogP contribution in [0.5, 0.6) is 11.5 Å². The molecule has 27 heavy (non-hydrogen) atoms. The van der Waals surface area contributed by atoms with Gasteiger partial charge in [0, 0.05) is 34.8 Å². The summed E-state index contributed by atoms with van der Waals surface area (Å²) in [7, 11) is 3.15. The summed E-state index contributed by atoms with van der Waals surface area (Å²) < 4.78 is 10.5. The Bertz CT molecular complexity index is 968. The van der Waals surface area contributed by atoms with Gasteiger partial charge in [-0.2, -0.15) is 0 Å². The number of methoxy groups -OCH3 is 2. The Morgan fingerprint density at radius 3 is 2.52 bits per heavy atom. The van der Waals surface area contributed by atoms with Crippen LogP contribution in [0.4, 0.5) is 0 Å². The molecule has 1 amide bonds. The lowest BCUT2D eigenvalue weighted by Gasteiger charge is -2.11. The molecule has 0 aliphatic heterocycles. The Labute approximate surface area is 158 Å². The number of fused-ring (bicyclic) bond motifs is 3. The van der Waals surface area contributed by atoms with Crippen molar-refractivity contribution in [2.45, 2.75) is 32.2 Å². The fourth-order valence-electron chi connectivity index (χ4n) is 3.79. The van der Waals surface area contributed by atoms with E-state index < -0.39 is 0 Å². The molecule has 0 spiro atoms. The van der Waals surface area contributed by atoms with E-state index >= 15 is 0 Å². The van der Waals surface area contributed by atoms with Gasteiger partial charge < -0.3 is 19.8 Å². The maximum Gasteiger partial charge on any atom is 0.251 e. The van der Waals surface area contributed by atoms with E-state index in [1.54, 1.807) is 32.4 Å². The third-order valence-corrected chi connectivity index (χ3v) is 5.23. The van der Waals surface area contributed by atoms with E-state index in [0.29, 0.717) is 23.6 Å². The van der Waals surface area contributed by atoms with Crippen LogP contribution in [0.3, 0.4) is 0 Å². The molecular weight excluding hydrogens is 340 g/mol. The second-order valence-corrected chi connectivity index (χ2v) is 6.95. The zero-order valence-corrected chi connectivity index (χ0v) is 15.7. The largest absolute Gasteiger partial charge is 0.497 e. The first-order valence-corrected chi connectivity index (χ1v) is 9.31. The number of carbonyl (C=O) groups is 1. The van der Waals surface area contributed by atoms with Crippen LogP contribution >= 0.6 is 0 Å². The van der Waals surface area contributed by atoms with Crippen LogP contribution in [0.25, 0.3) is 10.9 Å². The summed E-state index contributed by atoms with van der Waals surface area (Å²) in [6.07, 6.45) is 4.77. The van der Waals surface area contributed by atoms with Gasteiger partial charge in [0.05, 0.1) is 14.2 Å². The number of benzene rings is 2. The number of nitrogens with one attached hydrogen (secondary N) is 2. The van der Waals surface area contributed by atoms with E-state index in [-0.39, 0.29) is 5.91 Å². The summed E-state index contributed by atoms with van der Waals surface area (Å²) in [5.41, 5.74) is 5.63. The van der Waals surface area contributed by atoms with Gasteiger partial charge in [-0.25, -0.2) is 0 Å². The SMILES string of the molecule is COc1cc(OC)cc(C(=O)NCc2ccc3[nH]c4c(c3c2)CCCC4)c1. The van der Waals surface area contributed by atoms with Gasteiger partial charge in [-0.05, 0) is 61.1 Å². The predicted molar refractivity (Wildman–Crippen MR) is 106 cm³/mol. The zero-order valence-electron chi connectivity index (χ0n) is 15.7. The van der Waals surface area contributed by atoms with Crippen LogP contribution < -0.4 is 14.8 Å². The minimum Gasteiger partial charge on any atom is -0.497 e. The summed E-state index contributed by atoms with van der Waals surface area (Å²) >= 11 is 0. The number of ether oxygens (including phenoxy) is 2. The van der Waals surface area contributed by atoms with E-state index in [9.17, 15) is 4.79 Å². The third kappa shape index (κ3) is 3.50. The van der Waals surface area contributed by atoms with Crippen LogP contribution in [0.1, 0.15) is 40.0 Å². The minimum absolute atomic E-state index is 0.150. The number of carbonyl (C=O) groups excluding carboxylic acids is 1. The van der Waals surface area contributed by atoms with Gasteiger partial charge in [-0.3, -0.25) is 4.79 Å². The van der Waals surface area contributed by atoms with Crippen LogP contribution in [0, 0.1) is 0 Å². The molecule has 0 saturated heterocycles. The smallest absolute Gasteiger partial charge is 0.251 e. The number of rotatable bonds is 5. The number of aromatic amines is 1. The minimum atomic E-state index is -0.150. The standard InChI is InChI=1S/C22H24N2O3/c1-26-16-10-15(11-17(12-16)27-2)22(25)23-13-14-7-8-21-19(9-14)18-5-3-4-6-20(18)24-21/h7-12,24H,3-6,13H2,1-2H3,(H,23,25). The van der Waals surface area contributed by atoms with Gasteiger partial charge >= 0.3 is 0 Å². The molecular formula is C22H24N2O3. The molecule has 1 heterocycles. The third-order valence-electron chi connectivity index (χ3n) is 5.23. The molecule has 1 aliphatic rings. The molecule has 2 aromatic carbocycles. The molecule has 5 nitrogen and oxygen atoms in total. The molecule has 0 fully saturated rings. The van der Waals surface area contributed by atoms with E-state index in [2.05, 4.69) is 28.5 Å². The van der Waals surface area contributed by atoms with E-state index in [0.717, 1.165) is 18.4 Å². The van der Waals surface area contributed by atoms with Crippen molar-refractivity contribution in [1.29, 1.82) is 0 Å². The van der Waals surface area contributed by atoms with Crippen molar-refractivity contribution in [2.75, 3.05) is 14.2 Å². The molecule has 140 valence electrons. The molecule has 0 radical (unpaired) electrons. The van der Waals surface area contributed by atoms with Crippen LogP contribution in [-0.2, 0) is 19.4 Å². The predicted octanol–water partition coefficient (Wildman–Crippen LogP) is 3.99. The van der Waals surface area contributed by atoms with Gasteiger partial charge in [0.25, 0.3) is 5.91 Å². The highest BCUT2D eigenvalue weighted by atomic mass is 16.5. The molecule has 5 heteroatoms. The lowest BCUT2D eigenvalue weighted by atomic mass is 9.95. The number of aromatic nitrogens is 1. The average molecular weight is 364 g/mol. The molecule has 0 atom stereocenters. The maximum atomic E-state index is 12.6. The molecule has 3 aromatic rings. The van der Waals surface area contributed by atoms with Crippen molar-refractivity contribution < 1.29 is 14.3 Å². The first-order chi connectivity index (χ1) is 13.2. The molecule has 0 unspecified atom stereocenters. The molecule has 1 aromatic heterocycles.